The van der Waals surface area contributed by atoms with Crippen molar-refractivity contribution in [1.29, 1.82) is 0 Å². The lowest BCUT2D eigenvalue weighted by atomic mass is 9.75. The molecule has 5 unspecified atom stereocenters. The van der Waals surface area contributed by atoms with Gasteiger partial charge in [-0.25, -0.2) is 10.9 Å². The van der Waals surface area contributed by atoms with Crippen molar-refractivity contribution in [3.8, 4) is 5.75 Å². The van der Waals surface area contributed by atoms with Gasteiger partial charge in [0.15, 0.2) is 0 Å². The Balaban J connectivity index is 1.63. The number of methoxy groups -OCH3 is 1. The summed E-state index contributed by atoms with van der Waals surface area (Å²) in [7, 11) is 1.59. The molecule has 2 aromatic rings. The Labute approximate surface area is 167 Å². The molecular weight excluding hydrogens is 376 g/mol. The summed E-state index contributed by atoms with van der Waals surface area (Å²) in [4.78, 5) is 22.8. The average Bonchev–Trinajstić information content (AvgIpc) is 3.17. The van der Waals surface area contributed by atoms with Crippen LogP contribution >= 0.6 is 0 Å². The number of hydrogen-bond donors (Lipinski definition) is 4. The van der Waals surface area contributed by atoms with E-state index in [1.165, 1.54) is 12.1 Å². The van der Waals surface area contributed by atoms with Crippen LogP contribution in [0.25, 0.3) is 0 Å². The molecule has 0 amide bonds. The van der Waals surface area contributed by atoms with Crippen molar-refractivity contribution in [3.05, 3.63) is 69.8 Å². The molecule has 0 aromatic heterocycles. The van der Waals surface area contributed by atoms with Crippen LogP contribution in [0, 0.1) is 22.0 Å². The van der Waals surface area contributed by atoms with Crippen molar-refractivity contribution in [3.63, 3.8) is 0 Å². The van der Waals surface area contributed by atoms with Gasteiger partial charge in [-0.3, -0.25) is 20.2 Å². The molecule has 2 heterocycles. The topological polar surface area (TPSA) is 126 Å². The number of nitrogens with zero attached hydrogens (tertiary/aromatic N) is 1. The zero-order valence-corrected chi connectivity index (χ0v) is 15.7. The van der Waals surface area contributed by atoms with E-state index >= 15 is 0 Å². The van der Waals surface area contributed by atoms with E-state index in [4.69, 9.17) is 4.74 Å². The molecule has 4 N–H and O–H groups in total. The SMILES string of the molecule is COc1cccc(C2CC(C(=O)O)C3C(NNC3c3cccc([N+](=O)[O-])c3)N2)c1. The zero-order chi connectivity index (χ0) is 20.5. The second-order valence-electron chi connectivity index (χ2n) is 7.35. The first-order valence-electron chi connectivity index (χ1n) is 9.36. The van der Waals surface area contributed by atoms with Crippen molar-refractivity contribution in [2.24, 2.45) is 11.8 Å². The molecule has 0 radical (unpaired) electrons. The fraction of sp³-hybridized carbons (Fsp3) is 0.350. The molecule has 9 heteroatoms. The largest absolute Gasteiger partial charge is 0.497 e. The number of nitrogens with one attached hydrogen (secondary N) is 3. The quantitative estimate of drug-likeness (QED) is 0.446. The zero-order valence-electron chi connectivity index (χ0n) is 15.7. The van der Waals surface area contributed by atoms with Gasteiger partial charge in [-0.15, -0.1) is 0 Å². The highest BCUT2D eigenvalue weighted by atomic mass is 16.6. The lowest BCUT2D eigenvalue weighted by molar-refractivity contribution is -0.384. The number of carboxylic acids is 1. The molecule has 0 bridgehead atoms. The van der Waals surface area contributed by atoms with E-state index < -0.39 is 16.8 Å². The molecule has 2 saturated heterocycles. The van der Waals surface area contributed by atoms with Gasteiger partial charge < -0.3 is 9.84 Å². The van der Waals surface area contributed by atoms with Crippen LogP contribution in [-0.4, -0.2) is 29.3 Å². The standard InChI is InChI=1S/C20H22N4O5/c1-29-14-7-3-4-11(9-14)16-10-15(20(25)26)17-18(22-23-19(17)21-16)12-5-2-6-13(8-12)24(27)28/h2-9,15-19,21-23H,10H2,1H3,(H,25,26). The van der Waals surface area contributed by atoms with Crippen LogP contribution in [0.1, 0.15) is 29.6 Å². The Hall–Kier alpha value is -3.01. The number of hydrogen-bond acceptors (Lipinski definition) is 7. The maximum absolute atomic E-state index is 12.1. The summed E-state index contributed by atoms with van der Waals surface area (Å²) in [6.45, 7) is 0. The number of carboxylic acid groups (broad SMARTS) is 1. The van der Waals surface area contributed by atoms with Gasteiger partial charge in [-0.1, -0.05) is 24.3 Å². The molecule has 0 aliphatic carbocycles. The Bertz CT molecular complexity index is 937. The van der Waals surface area contributed by atoms with E-state index in [-0.39, 0.29) is 29.9 Å². The molecule has 2 fully saturated rings. The second kappa shape index (κ2) is 7.78. The Morgan fingerprint density at radius 3 is 2.66 bits per heavy atom. The number of nitro benzene ring substituents is 1. The average molecular weight is 398 g/mol. The van der Waals surface area contributed by atoms with Crippen LogP contribution in [0.4, 0.5) is 5.69 Å². The maximum Gasteiger partial charge on any atom is 0.307 e. The maximum atomic E-state index is 12.1. The molecule has 0 spiro atoms. The van der Waals surface area contributed by atoms with E-state index in [2.05, 4.69) is 16.2 Å². The number of fused-ring (bicyclic) bond motifs is 1. The summed E-state index contributed by atoms with van der Waals surface area (Å²) in [5, 5.41) is 24.5. The lowest BCUT2D eigenvalue weighted by Crippen LogP contribution is -2.53. The minimum Gasteiger partial charge on any atom is -0.497 e. The molecule has 29 heavy (non-hydrogen) atoms. The van der Waals surface area contributed by atoms with Gasteiger partial charge in [0, 0.05) is 24.1 Å². The summed E-state index contributed by atoms with van der Waals surface area (Å²) < 4.78 is 5.28. The van der Waals surface area contributed by atoms with Crippen molar-refractivity contribution < 1.29 is 19.6 Å². The molecular formula is C20H22N4O5. The number of rotatable bonds is 5. The van der Waals surface area contributed by atoms with Crippen LogP contribution in [-0.2, 0) is 4.79 Å². The third-order valence-corrected chi connectivity index (χ3v) is 5.75. The van der Waals surface area contributed by atoms with E-state index in [0.29, 0.717) is 17.7 Å². The fourth-order valence-corrected chi connectivity index (χ4v) is 4.37. The third-order valence-electron chi connectivity index (χ3n) is 5.75. The number of carbonyl (C=O) groups is 1. The van der Waals surface area contributed by atoms with Gasteiger partial charge in [-0.05, 0) is 29.7 Å². The van der Waals surface area contributed by atoms with Gasteiger partial charge in [0.2, 0.25) is 0 Å². The van der Waals surface area contributed by atoms with Gasteiger partial charge in [0.1, 0.15) is 5.75 Å². The van der Waals surface area contributed by atoms with Gasteiger partial charge in [0.05, 0.1) is 30.2 Å². The summed E-state index contributed by atoms with van der Waals surface area (Å²) in [6.07, 6.45) is 0.101. The molecule has 2 aromatic carbocycles. The number of aliphatic carboxylic acids is 1. The molecule has 5 atom stereocenters. The predicted octanol–water partition coefficient (Wildman–Crippen LogP) is 2.13. The highest BCUT2D eigenvalue weighted by Gasteiger charge is 2.49. The molecule has 2 aliphatic rings. The van der Waals surface area contributed by atoms with Crippen LogP contribution in [0.15, 0.2) is 48.5 Å². The summed E-state index contributed by atoms with van der Waals surface area (Å²) in [5.74, 6) is -1.11. The highest BCUT2D eigenvalue weighted by molar-refractivity contribution is 5.71. The number of benzene rings is 2. The second-order valence-corrected chi connectivity index (χ2v) is 7.35. The number of nitro groups is 1. The number of hydrazine groups is 1. The van der Waals surface area contributed by atoms with E-state index in [1.807, 2.05) is 24.3 Å². The predicted molar refractivity (Wildman–Crippen MR) is 104 cm³/mol. The Morgan fingerprint density at radius 2 is 1.93 bits per heavy atom. The minimum atomic E-state index is -0.879. The minimum absolute atomic E-state index is 0.0161. The first kappa shape index (κ1) is 19.3. The van der Waals surface area contributed by atoms with Crippen molar-refractivity contribution >= 4 is 11.7 Å². The monoisotopic (exact) mass is 398 g/mol. The van der Waals surface area contributed by atoms with E-state index in [9.17, 15) is 20.0 Å². The number of non-ortho nitro benzene ring substituents is 1. The van der Waals surface area contributed by atoms with Crippen molar-refractivity contribution in [2.45, 2.75) is 24.7 Å². The van der Waals surface area contributed by atoms with Crippen LogP contribution in [0.2, 0.25) is 0 Å². The molecule has 2 aliphatic heterocycles. The van der Waals surface area contributed by atoms with Crippen LogP contribution < -0.4 is 20.9 Å². The summed E-state index contributed by atoms with van der Waals surface area (Å²) >= 11 is 0. The number of piperidine rings is 1. The Kier molecular flexibility index (Phi) is 5.18. The summed E-state index contributed by atoms with van der Waals surface area (Å²) in [5.41, 5.74) is 7.91. The normalized spacial score (nSPS) is 28.5. The summed E-state index contributed by atoms with van der Waals surface area (Å²) in [6, 6.07) is 13.4. The van der Waals surface area contributed by atoms with E-state index in [1.54, 1.807) is 19.2 Å². The molecule has 4 rings (SSSR count). The lowest BCUT2D eigenvalue weighted by Gasteiger charge is -2.39. The third kappa shape index (κ3) is 3.67. The van der Waals surface area contributed by atoms with Gasteiger partial charge in [-0.2, -0.15) is 0 Å². The van der Waals surface area contributed by atoms with Crippen LogP contribution in [0.5, 0.6) is 5.75 Å². The van der Waals surface area contributed by atoms with Crippen LogP contribution in [0.3, 0.4) is 0 Å². The fourth-order valence-electron chi connectivity index (χ4n) is 4.37. The molecule has 152 valence electrons. The molecule has 0 saturated carbocycles. The molecule has 9 nitrogen and oxygen atoms in total. The first-order chi connectivity index (χ1) is 14.0. The smallest absolute Gasteiger partial charge is 0.307 e. The highest BCUT2D eigenvalue weighted by Crippen LogP contribution is 2.43. The number of ether oxygens (including phenoxy) is 1. The van der Waals surface area contributed by atoms with Crippen molar-refractivity contribution in [2.75, 3.05) is 7.11 Å². The van der Waals surface area contributed by atoms with Crippen molar-refractivity contribution in [1.82, 2.24) is 16.2 Å². The van der Waals surface area contributed by atoms with Gasteiger partial charge in [0.25, 0.3) is 5.69 Å². The van der Waals surface area contributed by atoms with Gasteiger partial charge >= 0.3 is 5.97 Å². The van der Waals surface area contributed by atoms with E-state index in [0.717, 1.165) is 5.56 Å². The first-order valence-corrected chi connectivity index (χ1v) is 9.36. The Morgan fingerprint density at radius 1 is 1.17 bits per heavy atom.